The van der Waals surface area contributed by atoms with Gasteiger partial charge in [-0.1, -0.05) is 27.7 Å². The Bertz CT molecular complexity index is 321. The summed E-state index contributed by atoms with van der Waals surface area (Å²) in [6.45, 7) is 9.43. The van der Waals surface area contributed by atoms with Crippen LogP contribution in [0, 0.1) is 28.6 Å². The SMILES string of the molecule is C[C@H]1CC[C@]2(O)C(C)(C)[C@H]3CC[C@]2(C)[C@@H]1C3. The minimum atomic E-state index is -0.391. The maximum absolute atomic E-state index is 11.3. The van der Waals surface area contributed by atoms with Crippen molar-refractivity contribution in [2.45, 2.75) is 65.4 Å². The van der Waals surface area contributed by atoms with Gasteiger partial charge in [0, 0.05) is 0 Å². The first-order valence-electron chi connectivity index (χ1n) is 7.05. The molecular weight excluding hydrogens is 196 g/mol. The number of fused-ring (bicyclic) bond motifs is 1. The topological polar surface area (TPSA) is 20.2 Å². The van der Waals surface area contributed by atoms with Crippen molar-refractivity contribution in [2.75, 3.05) is 0 Å². The van der Waals surface area contributed by atoms with Gasteiger partial charge in [0.2, 0.25) is 0 Å². The average molecular weight is 222 g/mol. The van der Waals surface area contributed by atoms with E-state index in [0.29, 0.717) is 0 Å². The highest BCUT2D eigenvalue weighted by atomic mass is 16.3. The fourth-order valence-corrected chi connectivity index (χ4v) is 5.69. The predicted molar refractivity (Wildman–Crippen MR) is 66.1 cm³/mol. The van der Waals surface area contributed by atoms with E-state index in [-0.39, 0.29) is 10.8 Å². The van der Waals surface area contributed by atoms with Crippen molar-refractivity contribution in [3.63, 3.8) is 0 Å². The summed E-state index contributed by atoms with van der Waals surface area (Å²) in [5.74, 6) is 2.36. The normalized spacial score (nSPS) is 58.7. The quantitative estimate of drug-likeness (QED) is 0.664. The van der Waals surface area contributed by atoms with Gasteiger partial charge >= 0.3 is 0 Å². The van der Waals surface area contributed by atoms with Gasteiger partial charge in [-0.15, -0.1) is 0 Å². The molecule has 4 aliphatic rings. The van der Waals surface area contributed by atoms with E-state index in [4.69, 9.17) is 0 Å². The smallest absolute Gasteiger partial charge is 0.0757 e. The first-order valence-corrected chi connectivity index (χ1v) is 7.05. The molecule has 4 fully saturated rings. The van der Waals surface area contributed by atoms with Crippen LogP contribution in [0.4, 0.5) is 0 Å². The molecule has 0 saturated heterocycles. The van der Waals surface area contributed by atoms with Crippen LogP contribution in [-0.2, 0) is 0 Å². The lowest BCUT2D eigenvalue weighted by Crippen LogP contribution is -2.71. The summed E-state index contributed by atoms with van der Waals surface area (Å²) < 4.78 is 0. The van der Waals surface area contributed by atoms with Gasteiger partial charge in [0.15, 0.2) is 0 Å². The van der Waals surface area contributed by atoms with E-state index in [1.807, 2.05) is 0 Å². The number of rotatable bonds is 0. The van der Waals surface area contributed by atoms with E-state index < -0.39 is 5.60 Å². The maximum Gasteiger partial charge on any atom is 0.0757 e. The minimum absolute atomic E-state index is 0.136. The number of aliphatic hydroxyl groups is 1. The fourth-order valence-electron chi connectivity index (χ4n) is 5.69. The largest absolute Gasteiger partial charge is 0.389 e. The van der Waals surface area contributed by atoms with Crippen molar-refractivity contribution < 1.29 is 5.11 Å². The molecule has 92 valence electrons. The third-order valence-corrected chi connectivity index (χ3v) is 7.05. The molecule has 0 aromatic rings. The fraction of sp³-hybridized carbons (Fsp3) is 1.00. The molecule has 4 rings (SSSR count). The molecule has 0 aliphatic heterocycles. The van der Waals surface area contributed by atoms with Crippen LogP contribution in [0.1, 0.15) is 59.8 Å². The molecule has 0 aromatic heterocycles. The predicted octanol–water partition coefficient (Wildman–Crippen LogP) is 3.61. The lowest BCUT2D eigenvalue weighted by molar-refractivity contribution is -0.291. The lowest BCUT2D eigenvalue weighted by atomic mass is 9.35. The zero-order valence-electron chi connectivity index (χ0n) is 11.2. The molecular formula is C15H26O. The Morgan fingerprint density at radius 1 is 1.06 bits per heavy atom. The molecule has 0 heterocycles. The van der Waals surface area contributed by atoms with E-state index in [1.165, 1.54) is 25.7 Å². The Kier molecular flexibility index (Phi) is 1.98. The number of hydrogen-bond acceptors (Lipinski definition) is 1. The first kappa shape index (κ1) is 11.1. The van der Waals surface area contributed by atoms with Crippen LogP contribution >= 0.6 is 0 Å². The Hall–Kier alpha value is -0.0400. The molecule has 16 heavy (non-hydrogen) atoms. The molecule has 1 heteroatoms. The van der Waals surface area contributed by atoms with Gasteiger partial charge in [0.1, 0.15) is 0 Å². The van der Waals surface area contributed by atoms with Crippen LogP contribution in [-0.4, -0.2) is 10.7 Å². The summed E-state index contributed by atoms with van der Waals surface area (Å²) in [5.41, 5.74) is -0.0576. The first-order chi connectivity index (χ1) is 7.33. The minimum Gasteiger partial charge on any atom is -0.389 e. The third kappa shape index (κ3) is 0.939. The zero-order chi connectivity index (χ0) is 11.8. The van der Waals surface area contributed by atoms with E-state index in [9.17, 15) is 5.11 Å². The Morgan fingerprint density at radius 3 is 2.44 bits per heavy atom. The van der Waals surface area contributed by atoms with Crippen LogP contribution in [0.15, 0.2) is 0 Å². The van der Waals surface area contributed by atoms with Gasteiger partial charge in [-0.05, 0) is 60.7 Å². The van der Waals surface area contributed by atoms with E-state index in [1.54, 1.807) is 0 Å². The summed E-state index contributed by atoms with van der Waals surface area (Å²) in [7, 11) is 0. The maximum atomic E-state index is 11.3. The van der Waals surface area contributed by atoms with E-state index in [2.05, 4.69) is 27.7 Å². The number of hydrogen-bond donors (Lipinski definition) is 1. The second-order valence-corrected chi connectivity index (χ2v) is 7.59. The molecule has 1 N–H and O–H groups in total. The Balaban J connectivity index is 2.13. The van der Waals surface area contributed by atoms with Crippen molar-refractivity contribution in [1.82, 2.24) is 0 Å². The van der Waals surface area contributed by atoms with Gasteiger partial charge in [0.25, 0.3) is 0 Å². The highest BCUT2D eigenvalue weighted by Crippen LogP contribution is 2.71. The third-order valence-electron chi connectivity index (χ3n) is 7.05. The summed E-state index contributed by atoms with van der Waals surface area (Å²) in [6, 6.07) is 0. The van der Waals surface area contributed by atoms with E-state index in [0.717, 1.165) is 24.2 Å². The molecule has 0 aromatic carbocycles. The lowest BCUT2D eigenvalue weighted by Gasteiger charge is -2.71. The molecule has 5 atom stereocenters. The molecule has 0 amide bonds. The van der Waals surface area contributed by atoms with Crippen LogP contribution < -0.4 is 0 Å². The highest BCUT2D eigenvalue weighted by Gasteiger charge is 2.69. The molecule has 4 saturated carbocycles. The van der Waals surface area contributed by atoms with Gasteiger partial charge in [0.05, 0.1) is 5.60 Å². The van der Waals surface area contributed by atoms with Crippen molar-refractivity contribution in [1.29, 1.82) is 0 Å². The monoisotopic (exact) mass is 222 g/mol. The van der Waals surface area contributed by atoms with E-state index >= 15 is 0 Å². The van der Waals surface area contributed by atoms with Gasteiger partial charge in [-0.2, -0.15) is 0 Å². The van der Waals surface area contributed by atoms with Gasteiger partial charge in [-0.25, -0.2) is 0 Å². The van der Waals surface area contributed by atoms with Crippen molar-refractivity contribution in [3.8, 4) is 0 Å². The second-order valence-electron chi connectivity index (χ2n) is 7.59. The molecule has 0 radical (unpaired) electrons. The van der Waals surface area contributed by atoms with Gasteiger partial charge < -0.3 is 5.11 Å². The van der Waals surface area contributed by atoms with Crippen LogP contribution in [0.2, 0.25) is 0 Å². The van der Waals surface area contributed by atoms with Crippen LogP contribution in [0.3, 0.4) is 0 Å². The molecule has 4 bridgehead atoms. The molecule has 4 aliphatic carbocycles. The molecule has 0 spiro atoms. The van der Waals surface area contributed by atoms with Gasteiger partial charge in [-0.3, -0.25) is 0 Å². The Labute approximate surface area is 99.6 Å². The Morgan fingerprint density at radius 2 is 1.75 bits per heavy atom. The van der Waals surface area contributed by atoms with Crippen molar-refractivity contribution >= 4 is 0 Å². The molecule has 0 unspecified atom stereocenters. The van der Waals surface area contributed by atoms with Crippen LogP contribution in [0.5, 0.6) is 0 Å². The summed E-state index contributed by atoms with van der Waals surface area (Å²) in [4.78, 5) is 0. The van der Waals surface area contributed by atoms with Crippen molar-refractivity contribution in [2.24, 2.45) is 28.6 Å². The summed E-state index contributed by atoms with van der Waals surface area (Å²) in [5, 5.41) is 11.3. The second kappa shape index (κ2) is 2.85. The van der Waals surface area contributed by atoms with Crippen molar-refractivity contribution in [3.05, 3.63) is 0 Å². The summed E-state index contributed by atoms with van der Waals surface area (Å²) >= 11 is 0. The molecule has 1 nitrogen and oxygen atoms in total. The zero-order valence-corrected chi connectivity index (χ0v) is 11.2. The summed E-state index contributed by atoms with van der Waals surface area (Å²) in [6.07, 6.45) is 6.23. The highest BCUT2D eigenvalue weighted by molar-refractivity contribution is 5.19. The average Bonchev–Trinajstić information content (AvgIpc) is 2.22. The van der Waals surface area contributed by atoms with Crippen LogP contribution in [0.25, 0.3) is 0 Å². The standard InChI is InChI=1S/C15H26O/c1-10-5-8-15(16)13(2,3)11-6-7-14(15,4)12(10)9-11/h10-12,16H,5-9H2,1-4H3/t10-,11-,12+,14+,15-/m0/s1.